The average Bonchev–Trinajstić information content (AvgIpc) is 2.30. The molecule has 1 aromatic rings. The van der Waals surface area contributed by atoms with Gasteiger partial charge in [-0.2, -0.15) is 0 Å². The van der Waals surface area contributed by atoms with Crippen LogP contribution in [0.5, 0.6) is 11.8 Å². The molecule has 1 aromatic heterocycles. The van der Waals surface area contributed by atoms with Crippen LogP contribution in [0.3, 0.4) is 0 Å². The highest BCUT2D eigenvalue weighted by molar-refractivity contribution is 6.08. The summed E-state index contributed by atoms with van der Waals surface area (Å²) in [6, 6.07) is 2.34. The van der Waals surface area contributed by atoms with Crippen LogP contribution in [0.2, 0.25) is 0 Å². The SMILES string of the molecule is C=C(C(=O)O)n1c(O)ccc1O. The Labute approximate surface area is 67.8 Å². The first-order valence-electron chi connectivity index (χ1n) is 3.06. The molecule has 0 unspecified atom stereocenters. The molecule has 0 saturated heterocycles. The molecule has 0 bridgehead atoms. The molecule has 0 atom stereocenters. The third-order valence-corrected chi connectivity index (χ3v) is 1.36. The van der Waals surface area contributed by atoms with Crippen molar-refractivity contribution in [2.24, 2.45) is 0 Å². The maximum absolute atomic E-state index is 10.4. The average molecular weight is 169 g/mol. The predicted octanol–water partition coefficient (Wildman–Crippen LogP) is 0.455. The van der Waals surface area contributed by atoms with Gasteiger partial charge in [0, 0.05) is 12.1 Å². The molecule has 1 rings (SSSR count). The molecule has 0 aromatic carbocycles. The van der Waals surface area contributed by atoms with E-state index in [0.717, 1.165) is 4.57 Å². The molecule has 5 nitrogen and oxygen atoms in total. The van der Waals surface area contributed by atoms with Gasteiger partial charge in [-0.05, 0) is 0 Å². The lowest BCUT2D eigenvalue weighted by Gasteiger charge is -2.04. The highest BCUT2D eigenvalue weighted by atomic mass is 16.4. The summed E-state index contributed by atoms with van der Waals surface area (Å²) in [5, 5.41) is 26.5. The molecule has 5 heteroatoms. The maximum atomic E-state index is 10.4. The van der Waals surface area contributed by atoms with Gasteiger partial charge < -0.3 is 15.3 Å². The van der Waals surface area contributed by atoms with Gasteiger partial charge in [-0.1, -0.05) is 6.58 Å². The molecule has 12 heavy (non-hydrogen) atoms. The lowest BCUT2D eigenvalue weighted by atomic mass is 10.5. The number of aromatic nitrogens is 1. The monoisotopic (exact) mass is 169 g/mol. The van der Waals surface area contributed by atoms with E-state index < -0.39 is 11.7 Å². The van der Waals surface area contributed by atoms with E-state index in [-0.39, 0.29) is 11.8 Å². The van der Waals surface area contributed by atoms with Crippen LogP contribution in [-0.4, -0.2) is 25.9 Å². The third-order valence-electron chi connectivity index (χ3n) is 1.36. The summed E-state index contributed by atoms with van der Waals surface area (Å²) in [5.74, 6) is -2.03. The summed E-state index contributed by atoms with van der Waals surface area (Å²) in [4.78, 5) is 10.4. The summed E-state index contributed by atoms with van der Waals surface area (Å²) in [6.45, 7) is 3.16. The Morgan fingerprint density at radius 3 is 2.08 bits per heavy atom. The van der Waals surface area contributed by atoms with Gasteiger partial charge in [-0.15, -0.1) is 0 Å². The zero-order valence-corrected chi connectivity index (χ0v) is 6.06. The fourth-order valence-corrected chi connectivity index (χ4v) is 0.788. The van der Waals surface area contributed by atoms with Crippen LogP contribution in [0, 0.1) is 0 Å². The predicted molar refractivity (Wildman–Crippen MR) is 40.7 cm³/mol. The molecule has 0 amide bonds. The van der Waals surface area contributed by atoms with Gasteiger partial charge in [0.05, 0.1) is 0 Å². The lowest BCUT2D eigenvalue weighted by Crippen LogP contribution is -2.05. The van der Waals surface area contributed by atoms with Crippen molar-refractivity contribution in [3.8, 4) is 11.8 Å². The molecule has 0 fully saturated rings. The second-order valence-corrected chi connectivity index (χ2v) is 2.14. The first-order chi connectivity index (χ1) is 5.54. The number of rotatable bonds is 2. The Balaban J connectivity index is 3.18. The largest absolute Gasteiger partial charge is 0.494 e. The minimum Gasteiger partial charge on any atom is -0.494 e. The molecule has 0 aliphatic rings. The quantitative estimate of drug-likeness (QED) is 0.561. The van der Waals surface area contributed by atoms with Crippen molar-refractivity contribution in [2.75, 3.05) is 0 Å². The fraction of sp³-hybridized carbons (Fsp3) is 0. The van der Waals surface area contributed by atoms with E-state index in [1.54, 1.807) is 0 Å². The van der Waals surface area contributed by atoms with Crippen LogP contribution in [0.4, 0.5) is 0 Å². The van der Waals surface area contributed by atoms with Crippen molar-refractivity contribution in [3.05, 3.63) is 18.7 Å². The fourth-order valence-electron chi connectivity index (χ4n) is 0.788. The molecule has 1 heterocycles. The molecular formula is C7H7NO4. The summed E-state index contributed by atoms with van der Waals surface area (Å²) < 4.78 is 0.725. The van der Waals surface area contributed by atoms with Gasteiger partial charge in [0.1, 0.15) is 5.70 Å². The van der Waals surface area contributed by atoms with Crippen LogP contribution in [-0.2, 0) is 4.79 Å². The number of nitrogens with zero attached hydrogens (tertiary/aromatic N) is 1. The maximum Gasteiger partial charge on any atom is 0.352 e. The molecule has 0 spiro atoms. The van der Waals surface area contributed by atoms with Crippen LogP contribution in [0.15, 0.2) is 18.7 Å². The number of carboxylic acids is 1. The zero-order valence-electron chi connectivity index (χ0n) is 6.06. The Morgan fingerprint density at radius 2 is 1.75 bits per heavy atom. The molecule has 0 radical (unpaired) electrons. The molecular weight excluding hydrogens is 162 g/mol. The van der Waals surface area contributed by atoms with Crippen molar-refractivity contribution in [3.63, 3.8) is 0 Å². The third kappa shape index (κ3) is 1.12. The molecule has 0 aliphatic carbocycles. The van der Waals surface area contributed by atoms with Crippen molar-refractivity contribution in [1.82, 2.24) is 4.57 Å². The van der Waals surface area contributed by atoms with Crippen molar-refractivity contribution >= 4 is 11.7 Å². The molecule has 0 saturated carbocycles. The van der Waals surface area contributed by atoms with Gasteiger partial charge in [-0.3, -0.25) is 0 Å². The van der Waals surface area contributed by atoms with E-state index in [1.165, 1.54) is 12.1 Å². The number of aromatic hydroxyl groups is 2. The van der Waals surface area contributed by atoms with E-state index in [0.29, 0.717) is 0 Å². The number of hydrogen-bond acceptors (Lipinski definition) is 3. The molecule has 64 valence electrons. The topological polar surface area (TPSA) is 82.7 Å². The molecule has 3 N–H and O–H groups in total. The second-order valence-electron chi connectivity index (χ2n) is 2.14. The van der Waals surface area contributed by atoms with Gasteiger partial charge in [0.25, 0.3) is 0 Å². The van der Waals surface area contributed by atoms with Gasteiger partial charge in [0.15, 0.2) is 11.8 Å². The minimum atomic E-state index is -1.31. The van der Waals surface area contributed by atoms with Crippen LogP contribution < -0.4 is 0 Å². The first-order valence-corrected chi connectivity index (χ1v) is 3.06. The normalized spacial score (nSPS) is 9.67. The Bertz CT molecular complexity index is 320. The van der Waals surface area contributed by atoms with Crippen molar-refractivity contribution < 1.29 is 20.1 Å². The van der Waals surface area contributed by atoms with E-state index in [1.807, 2.05) is 0 Å². The van der Waals surface area contributed by atoms with Gasteiger partial charge >= 0.3 is 5.97 Å². The first kappa shape index (κ1) is 8.19. The summed E-state index contributed by atoms with van der Waals surface area (Å²) in [7, 11) is 0. The van der Waals surface area contributed by atoms with Crippen LogP contribution >= 0.6 is 0 Å². The lowest BCUT2D eigenvalue weighted by molar-refractivity contribution is -0.130. The van der Waals surface area contributed by atoms with E-state index >= 15 is 0 Å². The zero-order chi connectivity index (χ0) is 9.30. The summed E-state index contributed by atoms with van der Waals surface area (Å²) in [5.41, 5.74) is -0.407. The Kier molecular flexibility index (Phi) is 1.78. The Hall–Kier alpha value is -1.91. The summed E-state index contributed by atoms with van der Waals surface area (Å²) >= 11 is 0. The van der Waals surface area contributed by atoms with E-state index in [4.69, 9.17) is 15.3 Å². The van der Waals surface area contributed by atoms with Gasteiger partial charge in [0.2, 0.25) is 0 Å². The van der Waals surface area contributed by atoms with Gasteiger partial charge in [-0.25, -0.2) is 9.36 Å². The summed E-state index contributed by atoms with van der Waals surface area (Å²) in [6.07, 6.45) is 0. The van der Waals surface area contributed by atoms with Crippen LogP contribution in [0.25, 0.3) is 5.70 Å². The highest BCUT2D eigenvalue weighted by Crippen LogP contribution is 2.24. The van der Waals surface area contributed by atoms with Crippen LogP contribution in [0.1, 0.15) is 0 Å². The minimum absolute atomic E-state index is 0.361. The molecule has 0 aliphatic heterocycles. The Morgan fingerprint density at radius 1 is 1.33 bits per heavy atom. The highest BCUT2D eigenvalue weighted by Gasteiger charge is 2.13. The number of carboxylic acid groups (broad SMARTS) is 1. The number of carbonyl (C=O) groups is 1. The standard InChI is InChI=1S/C7H7NO4/c1-4(7(11)12)8-5(9)2-3-6(8)10/h2-3,9-10H,1H2,(H,11,12). The van der Waals surface area contributed by atoms with Crippen molar-refractivity contribution in [1.29, 1.82) is 0 Å². The van der Waals surface area contributed by atoms with E-state index in [9.17, 15) is 4.79 Å². The number of aliphatic carboxylic acids is 1. The van der Waals surface area contributed by atoms with Crippen molar-refractivity contribution in [2.45, 2.75) is 0 Å². The van der Waals surface area contributed by atoms with E-state index in [2.05, 4.69) is 6.58 Å². The second kappa shape index (κ2) is 2.61. The number of hydrogen-bond donors (Lipinski definition) is 3. The smallest absolute Gasteiger partial charge is 0.352 e.